The zero-order chi connectivity index (χ0) is 14.5. The molecule has 1 aliphatic heterocycles. The van der Waals surface area contributed by atoms with Gasteiger partial charge < -0.3 is 15.4 Å². The minimum atomic E-state index is -0.263. The first-order chi connectivity index (χ1) is 9.61. The molecule has 0 bridgehead atoms. The molecule has 1 aromatic rings. The van der Waals surface area contributed by atoms with Crippen LogP contribution >= 0.6 is 0 Å². The fourth-order valence-corrected chi connectivity index (χ4v) is 2.46. The number of carbonyl (C=O) groups is 1. The van der Waals surface area contributed by atoms with Crippen molar-refractivity contribution in [3.05, 3.63) is 35.4 Å². The molecular weight excluding hydrogens is 252 g/mol. The summed E-state index contributed by atoms with van der Waals surface area (Å²) >= 11 is 0. The minimum Gasteiger partial charge on any atom is -0.375 e. The molecule has 0 spiro atoms. The molecule has 1 saturated heterocycles. The Kier molecular flexibility index (Phi) is 5.15. The average molecular weight is 276 g/mol. The number of amides is 1. The number of carbonyl (C=O) groups excluding carboxylic acids is 1. The summed E-state index contributed by atoms with van der Waals surface area (Å²) in [5, 5.41) is 6.26. The van der Waals surface area contributed by atoms with Gasteiger partial charge in [0.05, 0.1) is 18.8 Å². The zero-order valence-corrected chi connectivity index (χ0v) is 12.5. The van der Waals surface area contributed by atoms with Gasteiger partial charge in [-0.15, -0.1) is 0 Å². The predicted octanol–water partition coefficient (Wildman–Crippen LogP) is 1.80. The second-order valence-corrected chi connectivity index (χ2v) is 5.33. The number of hydrogen-bond acceptors (Lipinski definition) is 3. The molecule has 4 heteroatoms. The van der Waals surface area contributed by atoms with E-state index in [0.29, 0.717) is 6.61 Å². The van der Waals surface area contributed by atoms with Gasteiger partial charge in [-0.25, -0.2) is 0 Å². The van der Waals surface area contributed by atoms with Crippen molar-refractivity contribution in [1.82, 2.24) is 10.6 Å². The molecule has 20 heavy (non-hydrogen) atoms. The van der Waals surface area contributed by atoms with Crippen molar-refractivity contribution in [1.29, 1.82) is 0 Å². The number of ether oxygens (including phenoxy) is 1. The van der Waals surface area contributed by atoms with Crippen LogP contribution in [0.2, 0.25) is 0 Å². The van der Waals surface area contributed by atoms with E-state index in [0.717, 1.165) is 18.5 Å². The van der Waals surface area contributed by atoms with Crippen molar-refractivity contribution in [3.63, 3.8) is 0 Å². The SMILES string of the molecule is CCc1ccc(C(C)NC(=O)[C@H]2NCCO[C@@H]2C)cc1. The first-order valence-electron chi connectivity index (χ1n) is 7.36. The van der Waals surface area contributed by atoms with Gasteiger partial charge in [0.15, 0.2) is 0 Å². The van der Waals surface area contributed by atoms with Crippen LogP contribution in [0.3, 0.4) is 0 Å². The number of benzene rings is 1. The van der Waals surface area contributed by atoms with Crippen LogP contribution in [0.1, 0.15) is 37.9 Å². The molecule has 2 rings (SSSR count). The summed E-state index contributed by atoms with van der Waals surface area (Å²) in [7, 11) is 0. The molecule has 0 aliphatic carbocycles. The standard InChI is InChI=1S/C16H24N2O2/c1-4-13-5-7-14(8-6-13)11(2)18-16(19)15-12(3)20-10-9-17-15/h5-8,11-12,15,17H,4,9-10H2,1-3H3,(H,18,19)/t11?,12-,15+/m1/s1. The van der Waals surface area contributed by atoms with E-state index in [2.05, 4.69) is 41.8 Å². The molecule has 4 nitrogen and oxygen atoms in total. The van der Waals surface area contributed by atoms with Crippen molar-refractivity contribution in [2.45, 2.75) is 45.4 Å². The van der Waals surface area contributed by atoms with E-state index in [1.165, 1.54) is 5.56 Å². The highest BCUT2D eigenvalue weighted by Crippen LogP contribution is 2.15. The van der Waals surface area contributed by atoms with E-state index in [1.54, 1.807) is 0 Å². The molecule has 1 unspecified atom stereocenters. The van der Waals surface area contributed by atoms with E-state index >= 15 is 0 Å². The number of aryl methyl sites for hydroxylation is 1. The van der Waals surface area contributed by atoms with Gasteiger partial charge in [0.2, 0.25) is 5.91 Å². The molecule has 0 radical (unpaired) electrons. The van der Waals surface area contributed by atoms with Crippen LogP contribution in [0, 0.1) is 0 Å². The highest BCUT2D eigenvalue weighted by molar-refractivity contribution is 5.82. The van der Waals surface area contributed by atoms with Crippen molar-refractivity contribution >= 4 is 5.91 Å². The predicted molar refractivity (Wildman–Crippen MR) is 79.6 cm³/mol. The van der Waals surface area contributed by atoms with Crippen LogP contribution in [-0.2, 0) is 16.0 Å². The van der Waals surface area contributed by atoms with Crippen LogP contribution in [0.4, 0.5) is 0 Å². The smallest absolute Gasteiger partial charge is 0.240 e. The van der Waals surface area contributed by atoms with E-state index in [4.69, 9.17) is 4.74 Å². The quantitative estimate of drug-likeness (QED) is 0.881. The van der Waals surface area contributed by atoms with Crippen molar-refractivity contribution < 1.29 is 9.53 Å². The molecule has 1 amide bonds. The molecule has 1 fully saturated rings. The third kappa shape index (κ3) is 3.58. The Morgan fingerprint density at radius 3 is 2.75 bits per heavy atom. The molecule has 1 aromatic carbocycles. The second kappa shape index (κ2) is 6.86. The average Bonchev–Trinajstić information content (AvgIpc) is 2.47. The Labute approximate surface area is 120 Å². The molecule has 2 N–H and O–H groups in total. The van der Waals surface area contributed by atoms with Crippen LogP contribution in [0.25, 0.3) is 0 Å². The van der Waals surface area contributed by atoms with Crippen LogP contribution in [-0.4, -0.2) is 31.2 Å². The van der Waals surface area contributed by atoms with E-state index in [1.807, 2.05) is 13.8 Å². The summed E-state index contributed by atoms with van der Waals surface area (Å²) in [6.45, 7) is 7.46. The van der Waals surface area contributed by atoms with Crippen LogP contribution < -0.4 is 10.6 Å². The first-order valence-corrected chi connectivity index (χ1v) is 7.36. The Morgan fingerprint density at radius 2 is 2.15 bits per heavy atom. The lowest BCUT2D eigenvalue weighted by Gasteiger charge is -2.30. The maximum Gasteiger partial charge on any atom is 0.240 e. The monoisotopic (exact) mass is 276 g/mol. The normalized spacial score (nSPS) is 24.1. The summed E-state index contributed by atoms with van der Waals surface area (Å²) < 4.78 is 5.51. The summed E-state index contributed by atoms with van der Waals surface area (Å²) in [5.41, 5.74) is 2.43. The molecule has 0 aromatic heterocycles. The number of hydrogen-bond donors (Lipinski definition) is 2. The van der Waals surface area contributed by atoms with Gasteiger partial charge in [-0.2, -0.15) is 0 Å². The van der Waals surface area contributed by atoms with Gasteiger partial charge in [-0.05, 0) is 31.4 Å². The lowest BCUT2D eigenvalue weighted by molar-refractivity contribution is -0.129. The fourth-order valence-electron chi connectivity index (χ4n) is 2.46. The van der Waals surface area contributed by atoms with Crippen LogP contribution in [0.5, 0.6) is 0 Å². The Hall–Kier alpha value is -1.39. The van der Waals surface area contributed by atoms with Crippen molar-refractivity contribution in [2.75, 3.05) is 13.2 Å². The molecule has 1 heterocycles. The summed E-state index contributed by atoms with van der Waals surface area (Å²) in [5.74, 6) is 0.00395. The first kappa shape index (κ1) is 15.0. The number of morpholine rings is 1. The van der Waals surface area contributed by atoms with Gasteiger partial charge >= 0.3 is 0 Å². The molecular formula is C16H24N2O2. The van der Waals surface area contributed by atoms with Crippen molar-refractivity contribution in [2.24, 2.45) is 0 Å². The van der Waals surface area contributed by atoms with Gasteiger partial charge in [0, 0.05) is 6.54 Å². The van der Waals surface area contributed by atoms with E-state index < -0.39 is 0 Å². The zero-order valence-electron chi connectivity index (χ0n) is 12.5. The molecule has 1 aliphatic rings. The fraction of sp³-hybridized carbons (Fsp3) is 0.562. The molecule has 110 valence electrons. The number of rotatable bonds is 4. The third-order valence-corrected chi connectivity index (χ3v) is 3.85. The lowest BCUT2D eigenvalue weighted by Crippen LogP contribution is -2.55. The van der Waals surface area contributed by atoms with Crippen molar-refractivity contribution in [3.8, 4) is 0 Å². The number of nitrogens with one attached hydrogen (secondary N) is 2. The third-order valence-electron chi connectivity index (χ3n) is 3.85. The second-order valence-electron chi connectivity index (χ2n) is 5.33. The summed E-state index contributed by atoms with van der Waals surface area (Å²) in [6.07, 6.45) is 0.945. The molecule has 0 saturated carbocycles. The van der Waals surface area contributed by atoms with E-state index in [-0.39, 0.29) is 24.1 Å². The van der Waals surface area contributed by atoms with Gasteiger partial charge in [0.25, 0.3) is 0 Å². The Balaban J connectivity index is 1.95. The summed E-state index contributed by atoms with van der Waals surface area (Å²) in [6, 6.07) is 8.13. The van der Waals surface area contributed by atoms with Gasteiger partial charge in [-0.1, -0.05) is 31.2 Å². The van der Waals surface area contributed by atoms with E-state index in [9.17, 15) is 4.79 Å². The Bertz CT molecular complexity index is 444. The molecule has 3 atom stereocenters. The maximum atomic E-state index is 12.3. The lowest BCUT2D eigenvalue weighted by atomic mass is 10.0. The maximum absolute atomic E-state index is 12.3. The summed E-state index contributed by atoms with van der Waals surface area (Å²) in [4.78, 5) is 12.3. The highest BCUT2D eigenvalue weighted by atomic mass is 16.5. The van der Waals surface area contributed by atoms with Gasteiger partial charge in [-0.3, -0.25) is 4.79 Å². The van der Waals surface area contributed by atoms with Gasteiger partial charge in [0.1, 0.15) is 6.04 Å². The van der Waals surface area contributed by atoms with Crippen LogP contribution in [0.15, 0.2) is 24.3 Å². The minimum absolute atomic E-state index is 0.00395. The largest absolute Gasteiger partial charge is 0.375 e. The highest BCUT2D eigenvalue weighted by Gasteiger charge is 2.29. The topological polar surface area (TPSA) is 50.4 Å². The Morgan fingerprint density at radius 1 is 1.45 bits per heavy atom.